The normalized spacial score (nSPS) is 16.9. The van der Waals surface area contributed by atoms with E-state index in [2.05, 4.69) is 5.32 Å². The maximum atomic E-state index is 12.6. The van der Waals surface area contributed by atoms with Gasteiger partial charge in [-0.25, -0.2) is 9.59 Å². The zero-order chi connectivity index (χ0) is 20.3. The van der Waals surface area contributed by atoms with Gasteiger partial charge in [0.15, 0.2) is 0 Å². The number of nitrogens with zero attached hydrogens (tertiary/aromatic N) is 1. The van der Waals surface area contributed by atoms with Crippen molar-refractivity contribution in [3.05, 3.63) is 57.6 Å². The van der Waals surface area contributed by atoms with E-state index in [0.717, 1.165) is 15.3 Å². The highest BCUT2D eigenvalue weighted by atomic mass is 35.5. The van der Waals surface area contributed by atoms with E-state index in [1.54, 1.807) is 14.0 Å². The molecule has 0 fully saturated rings. The summed E-state index contributed by atoms with van der Waals surface area (Å²) in [4.78, 5) is 28.4. The highest BCUT2D eigenvalue weighted by Crippen LogP contribution is 2.39. The van der Waals surface area contributed by atoms with Crippen LogP contribution >= 0.6 is 22.9 Å². The average Bonchev–Trinajstić information content (AvgIpc) is 3.17. The molecule has 0 aliphatic carbocycles. The standard InChI is InChI=1S/C20H21ClN2O4S/c1-12-17(19(24)27-3)18(22-20(25)23(12)10-11-26-2)16-9-8-15(28-16)13-6-4-5-7-14(13)21/h4-9,18H,10-11H2,1-3H3,(H,22,25)/t18-/m0/s1. The fourth-order valence-corrected chi connectivity index (χ4v) is 4.54. The molecule has 0 saturated heterocycles. The van der Waals surface area contributed by atoms with Gasteiger partial charge in [0.1, 0.15) is 0 Å². The number of allylic oxidation sites excluding steroid dienone is 1. The minimum atomic E-state index is -0.583. The molecule has 1 aliphatic rings. The van der Waals surface area contributed by atoms with Gasteiger partial charge in [0, 0.05) is 33.1 Å². The molecular formula is C20H21ClN2O4S. The summed E-state index contributed by atoms with van der Waals surface area (Å²) in [5.41, 5.74) is 1.88. The number of carbonyl (C=O) groups is 2. The van der Waals surface area contributed by atoms with E-state index < -0.39 is 12.0 Å². The van der Waals surface area contributed by atoms with Gasteiger partial charge in [0.25, 0.3) is 0 Å². The number of hydrogen-bond acceptors (Lipinski definition) is 5. The van der Waals surface area contributed by atoms with Crippen molar-refractivity contribution in [2.75, 3.05) is 27.4 Å². The van der Waals surface area contributed by atoms with Crippen LogP contribution in [0.2, 0.25) is 5.02 Å². The number of rotatable bonds is 6. The summed E-state index contributed by atoms with van der Waals surface area (Å²) in [6.07, 6.45) is 0. The monoisotopic (exact) mass is 420 g/mol. The van der Waals surface area contributed by atoms with Gasteiger partial charge in [0.05, 0.1) is 31.9 Å². The van der Waals surface area contributed by atoms with Crippen LogP contribution < -0.4 is 5.32 Å². The molecule has 1 N–H and O–H groups in total. The van der Waals surface area contributed by atoms with Gasteiger partial charge in [-0.05, 0) is 25.1 Å². The lowest BCUT2D eigenvalue weighted by Crippen LogP contribution is -2.48. The number of methoxy groups -OCH3 is 2. The van der Waals surface area contributed by atoms with Gasteiger partial charge in [-0.1, -0.05) is 29.8 Å². The van der Waals surface area contributed by atoms with Gasteiger partial charge in [0.2, 0.25) is 0 Å². The Hall–Kier alpha value is -2.35. The molecule has 2 amide bonds. The first-order valence-electron chi connectivity index (χ1n) is 8.68. The average molecular weight is 421 g/mol. The smallest absolute Gasteiger partial charge is 0.338 e. The van der Waals surface area contributed by atoms with Crippen LogP contribution in [0.5, 0.6) is 0 Å². The summed E-state index contributed by atoms with van der Waals surface area (Å²) < 4.78 is 10.1. The molecule has 0 saturated carbocycles. The summed E-state index contributed by atoms with van der Waals surface area (Å²) in [6.45, 7) is 2.45. The molecule has 1 aliphatic heterocycles. The van der Waals surface area contributed by atoms with E-state index in [4.69, 9.17) is 21.1 Å². The van der Waals surface area contributed by atoms with Crippen LogP contribution in [0.25, 0.3) is 10.4 Å². The van der Waals surface area contributed by atoms with Gasteiger partial charge < -0.3 is 14.8 Å². The van der Waals surface area contributed by atoms with E-state index >= 15 is 0 Å². The van der Waals surface area contributed by atoms with Crippen LogP contribution in [0.1, 0.15) is 17.8 Å². The minimum absolute atomic E-state index is 0.278. The number of esters is 1. The third-order valence-corrected chi connectivity index (χ3v) is 6.08. The van der Waals surface area contributed by atoms with Crippen LogP contribution in [0.4, 0.5) is 4.79 Å². The van der Waals surface area contributed by atoms with Crippen LogP contribution in [0.15, 0.2) is 47.7 Å². The fourth-order valence-electron chi connectivity index (χ4n) is 3.13. The van der Waals surface area contributed by atoms with E-state index in [-0.39, 0.29) is 6.03 Å². The molecule has 2 heterocycles. The first-order valence-corrected chi connectivity index (χ1v) is 9.88. The number of urea groups is 1. The second kappa shape index (κ2) is 8.77. The molecule has 1 atom stereocenters. The molecular weight excluding hydrogens is 400 g/mol. The molecule has 0 unspecified atom stereocenters. The topological polar surface area (TPSA) is 67.9 Å². The second-order valence-electron chi connectivity index (χ2n) is 6.20. The van der Waals surface area contributed by atoms with Crippen molar-refractivity contribution >= 4 is 34.9 Å². The number of ether oxygens (including phenoxy) is 2. The molecule has 0 radical (unpaired) electrons. The summed E-state index contributed by atoms with van der Waals surface area (Å²) in [6, 6.07) is 10.5. The molecule has 0 bridgehead atoms. The number of amides is 2. The minimum Gasteiger partial charge on any atom is -0.466 e. The largest absolute Gasteiger partial charge is 0.466 e. The number of halogens is 1. The Kier molecular flexibility index (Phi) is 6.39. The third kappa shape index (κ3) is 3.92. The number of hydrogen-bond donors (Lipinski definition) is 1. The summed E-state index contributed by atoms with van der Waals surface area (Å²) in [5, 5.41) is 3.56. The quantitative estimate of drug-likeness (QED) is 0.710. The van der Waals surface area contributed by atoms with Crippen LogP contribution in [0, 0.1) is 0 Å². The molecule has 0 spiro atoms. The van der Waals surface area contributed by atoms with Crippen molar-refractivity contribution in [3.8, 4) is 10.4 Å². The van der Waals surface area contributed by atoms with Crippen LogP contribution in [-0.4, -0.2) is 44.3 Å². The van der Waals surface area contributed by atoms with E-state index in [0.29, 0.717) is 29.4 Å². The number of thiophene rings is 1. The predicted molar refractivity (Wildman–Crippen MR) is 109 cm³/mol. The Morgan fingerprint density at radius 2 is 2.00 bits per heavy atom. The number of carbonyl (C=O) groups excluding carboxylic acids is 2. The second-order valence-corrected chi connectivity index (χ2v) is 7.72. The van der Waals surface area contributed by atoms with Crippen LogP contribution in [-0.2, 0) is 14.3 Å². The van der Waals surface area contributed by atoms with Crippen molar-refractivity contribution in [1.82, 2.24) is 10.2 Å². The lowest BCUT2D eigenvalue weighted by atomic mass is 10.0. The Labute approximate surface area is 172 Å². The van der Waals surface area contributed by atoms with Crippen molar-refractivity contribution in [1.29, 1.82) is 0 Å². The van der Waals surface area contributed by atoms with Gasteiger partial charge in [-0.2, -0.15) is 0 Å². The maximum absolute atomic E-state index is 12.6. The van der Waals surface area contributed by atoms with E-state index in [9.17, 15) is 9.59 Å². The summed E-state index contributed by atoms with van der Waals surface area (Å²) in [7, 11) is 2.89. The van der Waals surface area contributed by atoms with E-state index in [1.807, 2.05) is 36.4 Å². The molecule has 28 heavy (non-hydrogen) atoms. The first kappa shape index (κ1) is 20.4. The van der Waals surface area contributed by atoms with Gasteiger partial charge in [-0.3, -0.25) is 4.90 Å². The van der Waals surface area contributed by atoms with Gasteiger partial charge in [-0.15, -0.1) is 11.3 Å². The SMILES string of the molecule is COCCN1C(=O)N[C@@H](c2ccc(-c3ccccc3Cl)s2)C(C(=O)OC)=C1C. The molecule has 3 rings (SSSR count). The highest BCUT2D eigenvalue weighted by Gasteiger charge is 2.36. The lowest BCUT2D eigenvalue weighted by molar-refractivity contribution is -0.136. The van der Waals surface area contributed by atoms with Crippen molar-refractivity contribution in [2.24, 2.45) is 0 Å². The van der Waals surface area contributed by atoms with Crippen molar-refractivity contribution in [3.63, 3.8) is 0 Å². The molecule has 1 aromatic heterocycles. The first-order chi connectivity index (χ1) is 13.5. The number of benzene rings is 1. The van der Waals surface area contributed by atoms with Crippen LogP contribution in [0.3, 0.4) is 0 Å². The fraction of sp³-hybridized carbons (Fsp3) is 0.300. The molecule has 6 nitrogen and oxygen atoms in total. The zero-order valence-electron chi connectivity index (χ0n) is 15.8. The van der Waals surface area contributed by atoms with Crippen molar-refractivity contribution < 1.29 is 19.1 Å². The Balaban J connectivity index is 2.01. The maximum Gasteiger partial charge on any atom is 0.338 e. The summed E-state index contributed by atoms with van der Waals surface area (Å²) >= 11 is 7.78. The molecule has 148 valence electrons. The molecule has 2 aromatic rings. The predicted octanol–water partition coefficient (Wildman–Crippen LogP) is 4.23. The third-order valence-electron chi connectivity index (χ3n) is 4.57. The highest BCUT2D eigenvalue weighted by molar-refractivity contribution is 7.15. The Morgan fingerprint density at radius 1 is 1.25 bits per heavy atom. The Morgan fingerprint density at radius 3 is 2.68 bits per heavy atom. The van der Waals surface area contributed by atoms with E-state index in [1.165, 1.54) is 23.3 Å². The summed E-state index contributed by atoms with van der Waals surface area (Å²) in [5.74, 6) is -0.474. The zero-order valence-corrected chi connectivity index (χ0v) is 17.4. The van der Waals surface area contributed by atoms with Gasteiger partial charge >= 0.3 is 12.0 Å². The lowest BCUT2D eigenvalue weighted by Gasteiger charge is -2.34. The number of nitrogens with one attached hydrogen (secondary N) is 1. The van der Waals surface area contributed by atoms with Crippen molar-refractivity contribution in [2.45, 2.75) is 13.0 Å². The molecule has 1 aromatic carbocycles. The molecule has 8 heteroatoms. The Bertz CT molecular complexity index is 924.